The number of rotatable bonds is 5. The highest BCUT2D eigenvalue weighted by Crippen LogP contribution is 2.36. The highest BCUT2D eigenvalue weighted by Gasteiger charge is 2.29. The second-order valence-corrected chi connectivity index (χ2v) is 6.37. The number of nitrogens with zero attached hydrogens (tertiary/aromatic N) is 2. The molecular weight excluding hydrogens is 300 g/mol. The molecule has 1 saturated heterocycles. The Kier molecular flexibility index (Phi) is 4.90. The first kappa shape index (κ1) is 13.4. The topological polar surface area (TPSA) is 55.9 Å². The summed E-state index contributed by atoms with van der Waals surface area (Å²) in [7, 11) is 0. The van der Waals surface area contributed by atoms with Crippen molar-refractivity contribution in [2.45, 2.75) is 32.4 Å². The number of aromatic nitrogens is 2. The van der Waals surface area contributed by atoms with E-state index in [2.05, 4.69) is 38.1 Å². The van der Waals surface area contributed by atoms with E-state index < -0.39 is 0 Å². The monoisotopic (exact) mass is 318 g/mol. The molecule has 2 atom stereocenters. The lowest BCUT2D eigenvalue weighted by Gasteiger charge is -2.23. The first-order valence-corrected chi connectivity index (χ1v) is 7.97. The maximum atomic E-state index is 5.76. The highest BCUT2D eigenvalue weighted by atomic mass is 79.9. The molecule has 6 heteroatoms. The Hall–Kier alpha value is -0.0400. The summed E-state index contributed by atoms with van der Waals surface area (Å²) >= 11 is 5.60. The van der Waals surface area contributed by atoms with Gasteiger partial charge in [-0.1, -0.05) is 6.92 Å². The van der Waals surface area contributed by atoms with Crippen molar-refractivity contribution in [3.05, 3.63) is 16.4 Å². The van der Waals surface area contributed by atoms with Gasteiger partial charge in [0.25, 0.3) is 0 Å². The summed E-state index contributed by atoms with van der Waals surface area (Å²) in [5.74, 6) is 8.78. The van der Waals surface area contributed by atoms with Crippen LogP contribution in [0.5, 0.6) is 0 Å². The molecule has 2 unspecified atom stereocenters. The first-order valence-electron chi connectivity index (χ1n) is 6.03. The summed E-state index contributed by atoms with van der Waals surface area (Å²) in [5.41, 5.74) is 4.18. The Morgan fingerprint density at radius 1 is 1.76 bits per heavy atom. The Balaban J connectivity index is 2.25. The van der Waals surface area contributed by atoms with E-state index in [4.69, 9.17) is 5.84 Å². The third-order valence-corrected chi connectivity index (χ3v) is 4.98. The van der Waals surface area contributed by atoms with Gasteiger partial charge in [0.05, 0.1) is 22.4 Å². The molecule has 2 rings (SSSR count). The molecule has 0 spiro atoms. The summed E-state index contributed by atoms with van der Waals surface area (Å²) < 4.78 is 3.13. The van der Waals surface area contributed by atoms with Crippen LogP contribution in [-0.4, -0.2) is 21.3 Å². The largest absolute Gasteiger partial charge is 0.271 e. The van der Waals surface area contributed by atoms with Crippen molar-refractivity contribution in [2.24, 2.45) is 11.8 Å². The van der Waals surface area contributed by atoms with Gasteiger partial charge in [-0.2, -0.15) is 16.9 Å². The molecule has 0 bridgehead atoms. The average Bonchev–Trinajstić information content (AvgIpc) is 2.94. The fourth-order valence-corrected chi connectivity index (χ4v) is 4.17. The molecule has 0 radical (unpaired) electrons. The maximum Gasteiger partial charge on any atom is 0.0712 e. The Morgan fingerprint density at radius 3 is 3.18 bits per heavy atom. The number of hydrazine groups is 1. The SMILES string of the molecule is CCCn1ncc(Br)c1C(NN)C1CCSC1. The zero-order valence-corrected chi connectivity index (χ0v) is 12.4. The van der Waals surface area contributed by atoms with E-state index >= 15 is 0 Å². The van der Waals surface area contributed by atoms with Crippen LogP contribution in [0.15, 0.2) is 10.7 Å². The molecular formula is C11H19BrN4S. The summed E-state index contributed by atoms with van der Waals surface area (Å²) in [5, 5.41) is 4.41. The Bertz CT molecular complexity index is 362. The molecule has 1 aliphatic heterocycles. The van der Waals surface area contributed by atoms with Crippen molar-refractivity contribution in [3.63, 3.8) is 0 Å². The number of nitrogens with two attached hydrogens (primary N) is 1. The van der Waals surface area contributed by atoms with Crippen molar-refractivity contribution in [1.82, 2.24) is 15.2 Å². The molecule has 1 aromatic rings. The molecule has 4 nitrogen and oxygen atoms in total. The van der Waals surface area contributed by atoms with Crippen LogP contribution in [0.4, 0.5) is 0 Å². The van der Waals surface area contributed by atoms with Crippen LogP contribution < -0.4 is 11.3 Å². The van der Waals surface area contributed by atoms with E-state index in [-0.39, 0.29) is 6.04 Å². The van der Waals surface area contributed by atoms with Crippen molar-refractivity contribution in [2.75, 3.05) is 11.5 Å². The maximum absolute atomic E-state index is 5.76. The number of nitrogens with one attached hydrogen (secondary N) is 1. The smallest absolute Gasteiger partial charge is 0.0712 e. The van der Waals surface area contributed by atoms with Crippen LogP contribution in [0.3, 0.4) is 0 Å². The molecule has 1 fully saturated rings. The molecule has 3 N–H and O–H groups in total. The standard InChI is InChI=1S/C11H19BrN4S/c1-2-4-16-11(9(12)6-14-16)10(15-13)8-3-5-17-7-8/h6,8,10,15H,2-5,7,13H2,1H3. The Labute approximate surface area is 115 Å². The molecule has 1 aliphatic rings. The van der Waals surface area contributed by atoms with Gasteiger partial charge >= 0.3 is 0 Å². The molecule has 96 valence electrons. The zero-order chi connectivity index (χ0) is 12.3. The first-order chi connectivity index (χ1) is 8.27. The zero-order valence-electron chi connectivity index (χ0n) is 10.0. The van der Waals surface area contributed by atoms with E-state index in [0.29, 0.717) is 5.92 Å². The van der Waals surface area contributed by atoms with Crippen LogP contribution in [0.2, 0.25) is 0 Å². The Morgan fingerprint density at radius 2 is 2.59 bits per heavy atom. The number of thioether (sulfide) groups is 1. The third kappa shape index (κ3) is 2.86. The quantitative estimate of drug-likeness (QED) is 0.646. The van der Waals surface area contributed by atoms with Gasteiger partial charge in [0.15, 0.2) is 0 Å². The predicted octanol–water partition coefficient (Wildman–Crippen LogP) is 2.31. The van der Waals surface area contributed by atoms with Crippen molar-refractivity contribution in [1.29, 1.82) is 0 Å². The number of hydrogen-bond acceptors (Lipinski definition) is 4. The van der Waals surface area contributed by atoms with Gasteiger partial charge in [-0.05, 0) is 46.2 Å². The van der Waals surface area contributed by atoms with Gasteiger partial charge in [0.2, 0.25) is 0 Å². The van der Waals surface area contributed by atoms with Gasteiger partial charge in [-0.15, -0.1) is 0 Å². The van der Waals surface area contributed by atoms with Gasteiger partial charge in [0.1, 0.15) is 0 Å². The van der Waals surface area contributed by atoms with Crippen LogP contribution in [0, 0.1) is 5.92 Å². The molecule has 0 aliphatic carbocycles. The van der Waals surface area contributed by atoms with E-state index in [0.717, 1.165) is 17.4 Å². The van der Waals surface area contributed by atoms with E-state index in [1.807, 2.05) is 18.0 Å². The fraction of sp³-hybridized carbons (Fsp3) is 0.727. The highest BCUT2D eigenvalue weighted by molar-refractivity contribution is 9.10. The lowest BCUT2D eigenvalue weighted by molar-refractivity contribution is 0.370. The minimum absolute atomic E-state index is 0.202. The molecule has 1 aromatic heterocycles. The van der Waals surface area contributed by atoms with Gasteiger partial charge in [-0.3, -0.25) is 16.0 Å². The molecule has 0 amide bonds. The normalized spacial score (nSPS) is 21.9. The average molecular weight is 319 g/mol. The summed E-state index contributed by atoms with van der Waals surface area (Å²) in [4.78, 5) is 0. The van der Waals surface area contributed by atoms with E-state index in [9.17, 15) is 0 Å². The minimum Gasteiger partial charge on any atom is -0.271 e. The minimum atomic E-state index is 0.202. The molecule has 0 aromatic carbocycles. The van der Waals surface area contributed by atoms with E-state index in [1.165, 1.54) is 23.6 Å². The summed E-state index contributed by atoms with van der Waals surface area (Å²) in [6, 6.07) is 0.202. The number of hydrogen-bond donors (Lipinski definition) is 2. The van der Waals surface area contributed by atoms with Gasteiger partial charge < -0.3 is 0 Å². The molecule has 2 heterocycles. The second-order valence-electron chi connectivity index (χ2n) is 4.37. The lowest BCUT2D eigenvalue weighted by Crippen LogP contribution is -2.35. The van der Waals surface area contributed by atoms with Crippen molar-refractivity contribution < 1.29 is 0 Å². The van der Waals surface area contributed by atoms with Gasteiger partial charge in [0, 0.05) is 6.54 Å². The molecule has 17 heavy (non-hydrogen) atoms. The van der Waals surface area contributed by atoms with Crippen molar-refractivity contribution >= 4 is 27.7 Å². The van der Waals surface area contributed by atoms with Crippen LogP contribution in [0.25, 0.3) is 0 Å². The van der Waals surface area contributed by atoms with Gasteiger partial charge in [-0.25, -0.2) is 0 Å². The predicted molar refractivity (Wildman–Crippen MR) is 75.7 cm³/mol. The van der Waals surface area contributed by atoms with Crippen molar-refractivity contribution in [3.8, 4) is 0 Å². The van der Waals surface area contributed by atoms with Crippen LogP contribution in [0.1, 0.15) is 31.5 Å². The summed E-state index contributed by atoms with van der Waals surface area (Å²) in [6.45, 7) is 3.11. The second kappa shape index (κ2) is 6.22. The fourth-order valence-electron chi connectivity index (χ4n) is 2.33. The lowest BCUT2D eigenvalue weighted by atomic mass is 9.97. The van der Waals surface area contributed by atoms with Crippen LogP contribution >= 0.6 is 27.7 Å². The summed E-state index contributed by atoms with van der Waals surface area (Å²) in [6.07, 6.45) is 4.18. The third-order valence-electron chi connectivity index (χ3n) is 3.18. The van der Waals surface area contributed by atoms with E-state index in [1.54, 1.807) is 0 Å². The molecule has 0 saturated carbocycles. The van der Waals surface area contributed by atoms with Crippen LogP contribution in [-0.2, 0) is 6.54 Å². The number of halogens is 1. The number of aryl methyl sites for hydroxylation is 1.